The van der Waals surface area contributed by atoms with Gasteiger partial charge in [0.2, 0.25) is 10.0 Å². The standard InChI is InChI=1S/C15H21N3O4S/c1-16-7-9-17(10-8-16)15(19)14-11-18(23(2,20)21)12-5-3-4-6-13(12)22-14/h3-6,14H,7-11H2,1-2H3/t14-/m0/s1. The van der Waals surface area contributed by atoms with E-state index in [2.05, 4.69) is 4.90 Å². The lowest BCUT2D eigenvalue weighted by Gasteiger charge is -2.38. The number of fused-ring (bicyclic) bond motifs is 1. The van der Waals surface area contributed by atoms with Gasteiger partial charge in [-0.25, -0.2) is 8.42 Å². The molecule has 8 heteroatoms. The largest absolute Gasteiger partial charge is 0.476 e. The van der Waals surface area contributed by atoms with Gasteiger partial charge in [-0.3, -0.25) is 9.10 Å². The van der Waals surface area contributed by atoms with E-state index in [1.165, 1.54) is 4.31 Å². The monoisotopic (exact) mass is 339 g/mol. The quantitative estimate of drug-likeness (QED) is 0.758. The highest BCUT2D eigenvalue weighted by atomic mass is 32.2. The van der Waals surface area contributed by atoms with Gasteiger partial charge in [-0.15, -0.1) is 0 Å². The van der Waals surface area contributed by atoms with Gasteiger partial charge in [0, 0.05) is 26.2 Å². The average molecular weight is 339 g/mol. The molecule has 0 unspecified atom stereocenters. The van der Waals surface area contributed by atoms with Crippen molar-refractivity contribution in [3.05, 3.63) is 24.3 Å². The number of sulfonamides is 1. The molecule has 1 fully saturated rings. The Balaban J connectivity index is 1.84. The predicted octanol–water partition coefficient (Wildman–Crippen LogP) is -0.0124. The number of hydrogen-bond donors (Lipinski definition) is 0. The number of ether oxygens (including phenoxy) is 1. The highest BCUT2D eigenvalue weighted by molar-refractivity contribution is 7.92. The second-order valence-corrected chi connectivity index (χ2v) is 7.90. The van der Waals surface area contributed by atoms with Crippen LogP contribution in [0.1, 0.15) is 0 Å². The molecular weight excluding hydrogens is 318 g/mol. The Labute approximate surface area is 136 Å². The number of rotatable bonds is 2. The maximum absolute atomic E-state index is 12.7. The van der Waals surface area contributed by atoms with E-state index in [1.807, 2.05) is 7.05 Å². The van der Waals surface area contributed by atoms with Crippen molar-refractivity contribution in [3.63, 3.8) is 0 Å². The Hall–Kier alpha value is -1.80. The molecule has 0 spiro atoms. The van der Waals surface area contributed by atoms with Crippen LogP contribution in [0.15, 0.2) is 24.3 Å². The van der Waals surface area contributed by atoms with Crippen LogP contribution in [0, 0.1) is 0 Å². The molecule has 1 amide bonds. The van der Waals surface area contributed by atoms with Gasteiger partial charge in [-0.1, -0.05) is 12.1 Å². The fourth-order valence-electron chi connectivity index (χ4n) is 2.88. The smallest absolute Gasteiger partial charge is 0.265 e. The summed E-state index contributed by atoms with van der Waals surface area (Å²) in [7, 11) is -1.46. The zero-order valence-electron chi connectivity index (χ0n) is 13.3. The third-order valence-corrected chi connectivity index (χ3v) is 5.37. The number of para-hydroxylation sites is 2. The second kappa shape index (κ2) is 6.01. The second-order valence-electron chi connectivity index (χ2n) is 6.00. The van der Waals surface area contributed by atoms with Gasteiger partial charge >= 0.3 is 0 Å². The minimum absolute atomic E-state index is 0.0149. The van der Waals surface area contributed by atoms with Crippen LogP contribution in [0.4, 0.5) is 5.69 Å². The lowest BCUT2D eigenvalue weighted by atomic mass is 10.2. The van der Waals surface area contributed by atoms with Gasteiger partial charge in [0.1, 0.15) is 5.75 Å². The van der Waals surface area contributed by atoms with Crippen molar-refractivity contribution in [1.82, 2.24) is 9.80 Å². The van der Waals surface area contributed by atoms with Crippen LogP contribution in [-0.2, 0) is 14.8 Å². The van der Waals surface area contributed by atoms with Crippen LogP contribution in [0.25, 0.3) is 0 Å². The van der Waals surface area contributed by atoms with E-state index in [9.17, 15) is 13.2 Å². The van der Waals surface area contributed by atoms with Crippen molar-refractivity contribution in [1.29, 1.82) is 0 Å². The van der Waals surface area contributed by atoms with Gasteiger partial charge < -0.3 is 14.5 Å². The SMILES string of the molecule is CN1CCN(C(=O)[C@@H]2CN(S(C)(=O)=O)c3ccccc3O2)CC1. The molecule has 2 heterocycles. The summed E-state index contributed by atoms with van der Waals surface area (Å²) in [6, 6.07) is 6.90. The number of amides is 1. The molecule has 23 heavy (non-hydrogen) atoms. The maximum atomic E-state index is 12.7. The van der Waals surface area contributed by atoms with E-state index in [0.717, 1.165) is 19.3 Å². The normalized spacial score (nSPS) is 22.4. The van der Waals surface area contributed by atoms with E-state index in [-0.39, 0.29) is 12.5 Å². The molecule has 0 saturated carbocycles. The molecule has 0 bridgehead atoms. The summed E-state index contributed by atoms with van der Waals surface area (Å²) in [5, 5.41) is 0. The topological polar surface area (TPSA) is 70.2 Å². The minimum atomic E-state index is -3.47. The van der Waals surface area contributed by atoms with Crippen molar-refractivity contribution in [2.24, 2.45) is 0 Å². The van der Waals surface area contributed by atoms with Crippen LogP contribution in [-0.4, -0.2) is 76.3 Å². The number of carbonyl (C=O) groups is 1. The van der Waals surface area contributed by atoms with Crippen molar-refractivity contribution in [2.45, 2.75) is 6.10 Å². The van der Waals surface area contributed by atoms with Crippen molar-refractivity contribution in [3.8, 4) is 5.75 Å². The Morgan fingerprint density at radius 1 is 1.17 bits per heavy atom. The van der Waals surface area contributed by atoms with Crippen LogP contribution >= 0.6 is 0 Å². The first-order chi connectivity index (χ1) is 10.9. The predicted molar refractivity (Wildman–Crippen MR) is 87.1 cm³/mol. The van der Waals surface area contributed by atoms with Gasteiger partial charge in [0.15, 0.2) is 6.10 Å². The molecule has 0 N–H and O–H groups in total. The fourth-order valence-corrected chi connectivity index (χ4v) is 3.79. The van der Waals surface area contributed by atoms with Gasteiger partial charge in [-0.2, -0.15) is 0 Å². The molecule has 2 aliphatic rings. The molecule has 7 nitrogen and oxygen atoms in total. The molecular formula is C15H21N3O4S. The van der Waals surface area contributed by atoms with Crippen LogP contribution < -0.4 is 9.04 Å². The van der Waals surface area contributed by atoms with Gasteiger partial charge in [-0.05, 0) is 19.2 Å². The first kappa shape index (κ1) is 16.1. The van der Waals surface area contributed by atoms with Crippen molar-refractivity contribution in [2.75, 3.05) is 50.3 Å². The zero-order valence-corrected chi connectivity index (χ0v) is 14.1. The summed E-state index contributed by atoms with van der Waals surface area (Å²) in [4.78, 5) is 16.6. The van der Waals surface area contributed by atoms with Crippen LogP contribution in [0.5, 0.6) is 5.75 Å². The summed E-state index contributed by atoms with van der Waals surface area (Å²) < 4.78 is 31.2. The average Bonchev–Trinajstić information content (AvgIpc) is 2.53. The molecule has 0 aliphatic carbocycles. The van der Waals surface area contributed by atoms with Crippen molar-refractivity contribution < 1.29 is 17.9 Å². The summed E-state index contributed by atoms with van der Waals surface area (Å²) in [6.07, 6.45) is 0.343. The molecule has 1 aromatic rings. The van der Waals surface area contributed by atoms with Gasteiger partial charge in [0.25, 0.3) is 5.91 Å². The first-order valence-electron chi connectivity index (χ1n) is 7.57. The molecule has 126 valence electrons. The Bertz CT molecular complexity index is 698. The molecule has 1 aromatic carbocycles. The van der Waals surface area contributed by atoms with Crippen LogP contribution in [0.2, 0.25) is 0 Å². The summed E-state index contributed by atoms with van der Waals surface area (Å²) in [6.45, 7) is 2.90. The number of nitrogens with zero attached hydrogens (tertiary/aromatic N) is 3. The highest BCUT2D eigenvalue weighted by Gasteiger charge is 2.37. The van der Waals surface area contributed by atoms with E-state index in [1.54, 1.807) is 29.2 Å². The molecule has 1 saturated heterocycles. The molecule has 1 atom stereocenters. The number of likely N-dealkylation sites (N-methyl/N-ethyl adjacent to an activating group) is 1. The third kappa shape index (κ3) is 3.28. The number of benzene rings is 1. The molecule has 0 aromatic heterocycles. The molecule has 2 aliphatic heterocycles. The Morgan fingerprint density at radius 3 is 2.48 bits per heavy atom. The first-order valence-corrected chi connectivity index (χ1v) is 9.42. The fraction of sp³-hybridized carbons (Fsp3) is 0.533. The van der Waals surface area contributed by atoms with Gasteiger partial charge in [0.05, 0.1) is 18.5 Å². The molecule has 3 rings (SSSR count). The van der Waals surface area contributed by atoms with E-state index >= 15 is 0 Å². The van der Waals surface area contributed by atoms with Crippen LogP contribution in [0.3, 0.4) is 0 Å². The lowest BCUT2D eigenvalue weighted by molar-refractivity contribution is -0.140. The molecule has 0 radical (unpaired) electrons. The lowest BCUT2D eigenvalue weighted by Crippen LogP contribution is -2.55. The summed E-state index contributed by atoms with van der Waals surface area (Å²) in [5.74, 6) is 0.276. The Morgan fingerprint density at radius 2 is 1.83 bits per heavy atom. The number of anilines is 1. The number of carbonyl (C=O) groups excluding carboxylic acids is 1. The zero-order chi connectivity index (χ0) is 16.6. The van der Waals surface area contributed by atoms with E-state index in [0.29, 0.717) is 24.5 Å². The summed E-state index contributed by atoms with van der Waals surface area (Å²) in [5.41, 5.74) is 0.484. The van der Waals surface area contributed by atoms with Crippen molar-refractivity contribution >= 4 is 21.6 Å². The summed E-state index contributed by atoms with van der Waals surface area (Å²) >= 11 is 0. The third-order valence-electron chi connectivity index (χ3n) is 4.23. The number of hydrogen-bond acceptors (Lipinski definition) is 5. The Kier molecular flexibility index (Phi) is 4.20. The highest BCUT2D eigenvalue weighted by Crippen LogP contribution is 2.34. The maximum Gasteiger partial charge on any atom is 0.265 e. The number of piperazine rings is 1. The minimum Gasteiger partial charge on any atom is -0.476 e. The van der Waals surface area contributed by atoms with E-state index < -0.39 is 16.1 Å². The van der Waals surface area contributed by atoms with E-state index in [4.69, 9.17) is 4.74 Å².